The van der Waals surface area contributed by atoms with Crippen molar-refractivity contribution in [2.24, 2.45) is 5.92 Å². The van der Waals surface area contributed by atoms with Crippen LogP contribution in [0.4, 0.5) is 0 Å². The summed E-state index contributed by atoms with van der Waals surface area (Å²) in [6.45, 7) is 6.91. The van der Waals surface area contributed by atoms with Gasteiger partial charge in [-0.25, -0.2) is 0 Å². The Bertz CT molecular complexity index is 1700. The predicted octanol–water partition coefficient (Wildman–Crippen LogP) is 2.29. The summed E-state index contributed by atoms with van der Waals surface area (Å²) in [5.41, 5.74) is -2.50. The molecule has 0 aromatic heterocycles. The lowest BCUT2D eigenvalue weighted by Gasteiger charge is -2.49. The van der Waals surface area contributed by atoms with Crippen LogP contribution in [0.15, 0.2) is 24.3 Å². The molecule has 51 heavy (non-hydrogen) atoms. The average molecular weight is 714 g/mol. The van der Waals surface area contributed by atoms with Crippen molar-refractivity contribution < 1.29 is 63.6 Å². The van der Waals surface area contributed by atoms with Gasteiger partial charge in [-0.1, -0.05) is 26.0 Å². The van der Waals surface area contributed by atoms with Gasteiger partial charge in [-0.15, -0.1) is 0 Å². The van der Waals surface area contributed by atoms with Crippen LogP contribution in [0.25, 0.3) is 0 Å². The van der Waals surface area contributed by atoms with Crippen molar-refractivity contribution >= 4 is 17.5 Å². The zero-order valence-corrected chi connectivity index (χ0v) is 29.7. The molecule has 4 aliphatic rings. The van der Waals surface area contributed by atoms with Crippen molar-refractivity contribution in [1.29, 1.82) is 0 Å². The number of likely N-dealkylation sites (N-methyl/N-ethyl adjacent to an activating group) is 1. The van der Waals surface area contributed by atoms with E-state index >= 15 is 0 Å². The summed E-state index contributed by atoms with van der Waals surface area (Å²) in [5.74, 6) is -5.13. The Labute approximate surface area is 295 Å². The maximum atomic E-state index is 13.9. The Morgan fingerprint density at radius 2 is 1.63 bits per heavy atom. The van der Waals surface area contributed by atoms with Gasteiger partial charge in [-0.05, 0) is 51.6 Å². The minimum Gasteiger partial charge on any atom is -0.507 e. The number of aliphatic hydroxyl groups excluding tert-OH is 2. The van der Waals surface area contributed by atoms with Crippen LogP contribution < -0.4 is 0 Å². The van der Waals surface area contributed by atoms with E-state index in [0.29, 0.717) is 0 Å². The number of benzene rings is 2. The van der Waals surface area contributed by atoms with E-state index in [9.17, 15) is 39.9 Å². The molecule has 14 heteroatoms. The molecule has 0 spiro atoms. The molecule has 2 fully saturated rings. The number of ether oxygens (including phenoxy) is 5. The molecular weight excluding hydrogens is 666 g/mol. The predicted molar refractivity (Wildman–Crippen MR) is 178 cm³/mol. The van der Waals surface area contributed by atoms with E-state index in [1.165, 1.54) is 31.4 Å². The number of phenolic OH excluding ortho intramolecular Hbond substituents is 2. The number of carbonyl (C=O) groups is 3. The molecule has 0 bridgehead atoms. The molecule has 5 N–H and O–H groups in total. The number of hydrogen-bond acceptors (Lipinski definition) is 14. The van der Waals surface area contributed by atoms with Gasteiger partial charge in [-0.3, -0.25) is 14.4 Å². The van der Waals surface area contributed by atoms with Crippen LogP contribution in [-0.2, 0) is 28.5 Å². The monoisotopic (exact) mass is 713 g/mol. The zero-order chi connectivity index (χ0) is 37.3. The van der Waals surface area contributed by atoms with Crippen molar-refractivity contribution in [3.8, 4) is 11.5 Å². The highest BCUT2D eigenvalue weighted by Gasteiger charge is 2.55. The smallest absolute Gasteiger partial charge is 0.316 e. The molecule has 2 aliphatic carbocycles. The number of hydrogen-bond donors (Lipinski definition) is 5. The summed E-state index contributed by atoms with van der Waals surface area (Å²) >= 11 is 0. The number of esters is 1. The lowest BCUT2D eigenvalue weighted by Crippen LogP contribution is -2.57. The van der Waals surface area contributed by atoms with Gasteiger partial charge in [0, 0.05) is 42.0 Å². The molecule has 2 saturated heterocycles. The van der Waals surface area contributed by atoms with Crippen molar-refractivity contribution in [2.45, 2.75) is 114 Å². The van der Waals surface area contributed by atoms with Crippen LogP contribution in [0.3, 0.4) is 0 Å². The van der Waals surface area contributed by atoms with E-state index in [1.807, 2.05) is 19.0 Å². The molecular formula is C37H47NO13. The maximum absolute atomic E-state index is 13.9. The zero-order valence-electron chi connectivity index (χ0n) is 29.7. The largest absolute Gasteiger partial charge is 0.507 e. The normalized spacial score (nSPS) is 35.0. The van der Waals surface area contributed by atoms with Crippen LogP contribution in [0.2, 0.25) is 0 Å². The molecule has 14 nitrogen and oxygen atoms in total. The van der Waals surface area contributed by atoms with E-state index in [1.54, 1.807) is 27.7 Å². The summed E-state index contributed by atoms with van der Waals surface area (Å²) in [7, 11) is 4.90. The summed E-state index contributed by atoms with van der Waals surface area (Å²) in [6.07, 6.45) is -6.62. The van der Waals surface area contributed by atoms with E-state index in [-0.39, 0.29) is 58.7 Å². The molecule has 11 atom stereocenters. The van der Waals surface area contributed by atoms with Gasteiger partial charge in [0.1, 0.15) is 29.6 Å². The molecule has 6 rings (SSSR count). The lowest BCUT2D eigenvalue weighted by molar-refractivity contribution is -0.310. The van der Waals surface area contributed by atoms with Gasteiger partial charge < -0.3 is 54.1 Å². The number of nitrogens with zero attached hydrogens (tertiary/aromatic N) is 1. The Hall–Kier alpha value is -3.47. The second kappa shape index (κ2) is 13.8. The third-order valence-corrected chi connectivity index (χ3v) is 11.0. The van der Waals surface area contributed by atoms with E-state index in [4.69, 9.17) is 23.7 Å². The fourth-order valence-corrected chi connectivity index (χ4v) is 8.13. The number of fused-ring (bicyclic) bond motifs is 3. The number of carbonyl (C=O) groups excluding carboxylic acids is 3. The SMILES string of the molecule is COC(=O)C1c2cc3c(c(O)c2C(OC2CC(N(C)C)C(OC4CC(O)C(O)C(C)O4)C(C)O2)CC1(O)C(C)C)C(=O)c1c(O)cccc1C3=O. The van der Waals surface area contributed by atoms with Crippen LogP contribution >= 0.6 is 0 Å². The number of aliphatic hydroxyl groups is 3. The van der Waals surface area contributed by atoms with Gasteiger partial charge in [-0.2, -0.15) is 0 Å². The van der Waals surface area contributed by atoms with Crippen molar-refractivity contribution in [1.82, 2.24) is 4.90 Å². The number of ketones is 2. The molecule has 278 valence electrons. The first-order valence-electron chi connectivity index (χ1n) is 17.3. The molecule has 2 heterocycles. The summed E-state index contributed by atoms with van der Waals surface area (Å²) in [6, 6.07) is 5.13. The van der Waals surface area contributed by atoms with Gasteiger partial charge in [0.05, 0.1) is 48.3 Å². The van der Waals surface area contributed by atoms with E-state index in [0.717, 1.165) is 0 Å². The first kappa shape index (κ1) is 37.3. The Balaban J connectivity index is 1.39. The van der Waals surface area contributed by atoms with Gasteiger partial charge in [0.2, 0.25) is 5.78 Å². The first-order chi connectivity index (χ1) is 24.0. The molecule has 0 amide bonds. The third-order valence-electron chi connectivity index (χ3n) is 11.0. The highest BCUT2D eigenvalue weighted by molar-refractivity contribution is 6.30. The fraction of sp³-hybridized carbons (Fsp3) is 0.595. The summed E-state index contributed by atoms with van der Waals surface area (Å²) in [5, 5.41) is 55.3. The molecule has 2 aromatic carbocycles. The Morgan fingerprint density at radius 3 is 2.25 bits per heavy atom. The van der Waals surface area contributed by atoms with Crippen molar-refractivity contribution in [3.63, 3.8) is 0 Å². The Morgan fingerprint density at radius 1 is 0.961 bits per heavy atom. The standard InChI is InChI=1S/C37H47NO13/c1-15(2)37(46)14-24(50-25-12-21(38(5)6)35(17(4)49-25)51-26-13-23(40)31(41)16(3)48-26)28-19(30(37)36(45)47-7)11-20-29(34(28)44)33(43)27-18(32(20)42)9-8-10-22(27)39/h8-11,15-17,21,23-26,30-31,35,39-41,44,46H,12-14H2,1-7H3. The first-order valence-corrected chi connectivity index (χ1v) is 17.3. The molecule has 11 unspecified atom stereocenters. The molecule has 2 aliphatic heterocycles. The minimum absolute atomic E-state index is 0.0302. The lowest BCUT2D eigenvalue weighted by atomic mass is 9.64. The average Bonchev–Trinajstić information content (AvgIpc) is 3.06. The summed E-state index contributed by atoms with van der Waals surface area (Å²) < 4.78 is 30.2. The Kier molecular flexibility index (Phi) is 10.1. The number of methoxy groups -OCH3 is 1. The highest BCUT2D eigenvalue weighted by Crippen LogP contribution is 2.55. The molecule has 0 saturated carbocycles. The van der Waals surface area contributed by atoms with E-state index in [2.05, 4.69) is 0 Å². The van der Waals surface area contributed by atoms with Crippen LogP contribution in [0, 0.1) is 5.92 Å². The van der Waals surface area contributed by atoms with Gasteiger partial charge >= 0.3 is 5.97 Å². The fourth-order valence-electron chi connectivity index (χ4n) is 8.13. The van der Waals surface area contributed by atoms with Gasteiger partial charge in [0.15, 0.2) is 18.4 Å². The summed E-state index contributed by atoms with van der Waals surface area (Å²) in [4.78, 5) is 43.1. The molecule has 2 aromatic rings. The quantitative estimate of drug-likeness (QED) is 0.223. The van der Waals surface area contributed by atoms with Crippen LogP contribution in [0.1, 0.15) is 102 Å². The van der Waals surface area contributed by atoms with E-state index < -0.39 is 95.7 Å². The highest BCUT2D eigenvalue weighted by atomic mass is 16.7. The van der Waals surface area contributed by atoms with Crippen LogP contribution in [-0.4, -0.2) is 124 Å². The molecule has 0 radical (unpaired) electrons. The number of aromatic hydroxyl groups is 2. The van der Waals surface area contributed by atoms with Crippen LogP contribution in [0.5, 0.6) is 11.5 Å². The second-order valence-electron chi connectivity index (χ2n) is 14.6. The van der Waals surface area contributed by atoms with Gasteiger partial charge in [0.25, 0.3) is 0 Å². The topological polar surface area (TPSA) is 202 Å². The second-order valence-corrected chi connectivity index (χ2v) is 14.6. The van der Waals surface area contributed by atoms with Crippen molar-refractivity contribution in [3.05, 3.63) is 57.6 Å². The minimum atomic E-state index is -1.78. The number of rotatable bonds is 7. The van der Waals surface area contributed by atoms with Crippen molar-refractivity contribution in [2.75, 3.05) is 21.2 Å². The number of phenols is 2. The third kappa shape index (κ3) is 6.25. The maximum Gasteiger partial charge on any atom is 0.316 e.